The quantitative estimate of drug-likeness (QED) is 0.788. The molecule has 0 radical (unpaired) electrons. The van der Waals surface area contributed by atoms with Crippen LogP contribution in [0.5, 0.6) is 0 Å². The number of carbonyl (C=O) groups excluding carboxylic acids is 2. The summed E-state index contributed by atoms with van der Waals surface area (Å²) in [6.07, 6.45) is -0.0244. The number of rotatable bonds is 5. The van der Waals surface area contributed by atoms with Gasteiger partial charge in [-0.2, -0.15) is 0 Å². The lowest BCUT2D eigenvalue weighted by Crippen LogP contribution is -2.15. The highest BCUT2D eigenvalue weighted by Gasteiger charge is 2.10. The van der Waals surface area contributed by atoms with E-state index in [0.29, 0.717) is 5.69 Å². The number of benzene rings is 1. The van der Waals surface area contributed by atoms with Crippen molar-refractivity contribution < 1.29 is 24.2 Å². The van der Waals surface area contributed by atoms with Gasteiger partial charge in [-0.1, -0.05) is 6.07 Å². The normalized spacial score (nSPS) is 9.79. The Kier molecular flexibility index (Phi) is 5.05. The van der Waals surface area contributed by atoms with Crippen LogP contribution in [0.3, 0.4) is 0 Å². The van der Waals surface area contributed by atoms with Gasteiger partial charge in [0.2, 0.25) is 5.91 Å². The van der Waals surface area contributed by atoms with E-state index >= 15 is 0 Å². The monoisotopic (exact) mass is 265 g/mol. The van der Waals surface area contributed by atoms with Crippen molar-refractivity contribution in [2.75, 3.05) is 12.4 Å². The Morgan fingerprint density at radius 1 is 1.26 bits per heavy atom. The third-order valence-corrected chi connectivity index (χ3v) is 2.54. The molecule has 0 bridgehead atoms. The molecule has 1 amide bonds. The lowest BCUT2D eigenvalue weighted by molar-refractivity contribution is -0.141. The number of ether oxygens (including phenoxy) is 1. The summed E-state index contributed by atoms with van der Waals surface area (Å²) in [6, 6.07) is 4.45. The molecule has 0 aliphatic rings. The fourth-order valence-corrected chi connectivity index (χ4v) is 1.42. The summed E-state index contributed by atoms with van der Waals surface area (Å²) >= 11 is 0. The standard InChI is InChI=1S/C13H15NO5/c1-8-3-4-9(13(17)18)7-10(8)14-11(15)5-6-12(16)19-2/h3-4,7H,5-6H2,1-2H3,(H,14,15)(H,17,18). The molecule has 1 rings (SSSR count). The predicted molar refractivity (Wildman–Crippen MR) is 68.0 cm³/mol. The van der Waals surface area contributed by atoms with Crippen LogP contribution in [0.1, 0.15) is 28.8 Å². The van der Waals surface area contributed by atoms with Crippen molar-refractivity contribution in [1.82, 2.24) is 0 Å². The minimum atomic E-state index is -1.06. The van der Waals surface area contributed by atoms with Crippen LogP contribution in [0.4, 0.5) is 5.69 Å². The summed E-state index contributed by atoms with van der Waals surface area (Å²) < 4.78 is 4.43. The van der Waals surface area contributed by atoms with Gasteiger partial charge in [0.25, 0.3) is 0 Å². The molecule has 19 heavy (non-hydrogen) atoms. The van der Waals surface area contributed by atoms with E-state index in [9.17, 15) is 14.4 Å². The van der Waals surface area contributed by atoms with Gasteiger partial charge < -0.3 is 15.2 Å². The summed E-state index contributed by atoms with van der Waals surface area (Å²) in [6.45, 7) is 1.75. The molecule has 0 aromatic heterocycles. The van der Waals surface area contributed by atoms with Crippen LogP contribution >= 0.6 is 0 Å². The molecule has 0 fully saturated rings. The van der Waals surface area contributed by atoms with Crippen molar-refractivity contribution in [2.24, 2.45) is 0 Å². The van der Waals surface area contributed by atoms with E-state index in [2.05, 4.69) is 10.1 Å². The highest BCUT2D eigenvalue weighted by molar-refractivity contribution is 5.95. The first kappa shape index (κ1) is 14.7. The number of amides is 1. The molecule has 1 aromatic rings. The Labute approximate surface area is 110 Å². The molecule has 0 aliphatic heterocycles. The van der Waals surface area contributed by atoms with Crippen molar-refractivity contribution >= 4 is 23.5 Å². The summed E-state index contributed by atoms with van der Waals surface area (Å²) in [5.41, 5.74) is 1.26. The molecule has 0 aliphatic carbocycles. The smallest absolute Gasteiger partial charge is 0.335 e. The molecule has 102 valence electrons. The SMILES string of the molecule is COC(=O)CCC(=O)Nc1cc(C(=O)O)ccc1C. The average Bonchev–Trinajstić information content (AvgIpc) is 2.38. The van der Waals surface area contributed by atoms with Gasteiger partial charge in [-0.25, -0.2) is 4.79 Å². The molecule has 0 atom stereocenters. The van der Waals surface area contributed by atoms with Gasteiger partial charge in [-0.05, 0) is 24.6 Å². The lowest BCUT2D eigenvalue weighted by atomic mass is 10.1. The van der Waals surface area contributed by atoms with Crippen LogP contribution in [-0.2, 0) is 14.3 Å². The largest absolute Gasteiger partial charge is 0.478 e. The van der Waals surface area contributed by atoms with Crippen molar-refractivity contribution in [3.05, 3.63) is 29.3 Å². The fraction of sp³-hybridized carbons (Fsp3) is 0.308. The van der Waals surface area contributed by atoms with E-state index in [1.165, 1.54) is 19.2 Å². The van der Waals surface area contributed by atoms with Gasteiger partial charge in [-0.3, -0.25) is 9.59 Å². The second kappa shape index (κ2) is 6.53. The first-order valence-electron chi connectivity index (χ1n) is 5.64. The molecule has 6 nitrogen and oxygen atoms in total. The highest BCUT2D eigenvalue weighted by Crippen LogP contribution is 2.17. The number of esters is 1. The lowest BCUT2D eigenvalue weighted by Gasteiger charge is -2.09. The Morgan fingerprint density at radius 2 is 1.95 bits per heavy atom. The van der Waals surface area contributed by atoms with Gasteiger partial charge in [0.1, 0.15) is 0 Å². The van der Waals surface area contributed by atoms with Crippen molar-refractivity contribution in [1.29, 1.82) is 0 Å². The molecule has 1 aromatic carbocycles. The van der Waals surface area contributed by atoms with E-state index < -0.39 is 11.9 Å². The van der Waals surface area contributed by atoms with E-state index in [4.69, 9.17) is 5.11 Å². The first-order chi connectivity index (χ1) is 8.93. The molecule has 2 N–H and O–H groups in total. The number of nitrogens with one attached hydrogen (secondary N) is 1. The number of carboxylic acid groups (broad SMARTS) is 1. The van der Waals surface area contributed by atoms with E-state index in [1.54, 1.807) is 13.0 Å². The zero-order chi connectivity index (χ0) is 14.4. The average molecular weight is 265 g/mol. The first-order valence-corrected chi connectivity index (χ1v) is 5.64. The maximum Gasteiger partial charge on any atom is 0.335 e. The Balaban J connectivity index is 2.70. The maximum atomic E-state index is 11.6. The molecular formula is C13H15NO5. The summed E-state index contributed by atoms with van der Waals surface area (Å²) in [4.78, 5) is 33.3. The third kappa shape index (κ3) is 4.42. The third-order valence-electron chi connectivity index (χ3n) is 2.54. The molecule has 0 spiro atoms. The van der Waals surface area contributed by atoms with Gasteiger partial charge in [0.05, 0.1) is 19.1 Å². The molecule has 6 heteroatoms. The van der Waals surface area contributed by atoms with E-state index in [0.717, 1.165) is 5.56 Å². The summed E-state index contributed by atoms with van der Waals surface area (Å²) in [7, 11) is 1.25. The van der Waals surface area contributed by atoms with E-state index in [1.807, 2.05) is 0 Å². The predicted octanol–water partition coefficient (Wildman–Crippen LogP) is 1.58. The van der Waals surface area contributed by atoms with Crippen molar-refractivity contribution in [3.8, 4) is 0 Å². The number of aromatic carboxylic acids is 1. The fourth-order valence-electron chi connectivity index (χ4n) is 1.42. The minimum Gasteiger partial charge on any atom is -0.478 e. The summed E-state index contributed by atoms with van der Waals surface area (Å²) in [5.74, 6) is -1.90. The second-order valence-corrected chi connectivity index (χ2v) is 3.96. The number of carbonyl (C=O) groups is 3. The van der Waals surface area contributed by atoms with Crippen LogP contribution in [0, 0.1) is 6.92 Å². The molecule has 0 unspecified atom stereocenters. The zero-order valence-corrected chi connectivity index (χ0v) is 10.7. The molecule has 0 saturated heterocycles. The number of hydrogen-bond acceptors (Lipinski definition) is 4. The molecule has 0 saturated carbocycles. The Bertz CT molecular complexity index is 510. The van der Waals surface area contributed by atoms with Crippen LogP contribution < -0.4 is 5.32 Å². The highest BCUT2D eigenvalue weighted by atomic mass is 16.5. The van der Waals surface area contributed by atoms with E-state index in [-0.39, 0.29) is 24.3 Å². The van der Waals surface area contributed by atoms with Gasteiger partial charge in [0, 0.05) is 12.1 Å². The number of methoxy groups -OCH3 is 1. The van der Waals surface area contributed by atoms with Crippen LogP contribution in [-0.4, -0.2) is 30.1 Å². The Hall–Kier alpha value is -2.37. The van der Waals surface area contributed by atoms with Crippen molar-refractivity contribution in [3.63, 3.8) is 0 Å². The van der Waals surface area contributed by atoms with Gasteiger partial charge >= 0.3 is 11.9 Å². The topological polar surface area (TPSA) is 92.7 Å². The minimum absolute atomic E-state index is 0.0105. The molecule has 0 heterocycles. The number of anilines is 1. The van der Waals surface area contributed by atoms with Crippen LogP contribution in [0.2, 0.25) is 0 Å². The Morgan fingerprint density at radius 3 is 2.53 bits per heavy atom. The van der Waals surface area contributed by atoms with Crippen molar-refractivity contribution in [2.45, 2.75) is 19.8 Å². The van der Waals surface area contributed by atoms with Gasteiger partial charge in [0.15, 0.2) is 0 Å². The maximum absolute atomic E-state index is 11.6. The zero-order valence-electron chi connectivity index (χ0n) is 10.7. The van der Waals surface area contributed by atoms with Crippen LogP contribution in [0.15, 0.2) is 18.2 Å². The number of carboxylic acids is 1. The summed E-state index contributed by atoms with van der Waals surface area (Å²) in [5, 5.41) is 11.4. The second-order valence-electron chi connectivity index (χ2n) is 3.96. The van der Waals surface area contributed by atoms with Crippen LogP contribution in [0.25, 0.3) is 0 Å². The number of hydrogen-bond donors (Lipinski definition) is 2. The number of aryl methyl sites for hydroxylation is 1. The van der Waals surface area contributed by atoms with Gasteiger partial charge in [-0.15, -0.1) is 0 Å². The molecular weight excluding hydrogens is 250 g/mol.